The summed E-state index contributed by atoms with van der Waals surface area (Å²) in [6.07, 6.45) is 12.1. The van der Waals surface area contributed by atoms with Crippen LogP contribution < -0.4 is 11.3 Å². The first-order chi connectivity index (χ1) is 7.70. The van der Waals surface area contributed by atoms with Crippen LogP contribution in [0, 0.1) is 5.92 Å². The van der Waals surface area contributed by atoms with E-state index < -0.39 is 0 Å². The van der Waals surface area contributed by atoms with Gasteiger partial charge in [-0.3, -0.25) is 11.3 Å². The maximum atomic E-state index is 5.55. The van der Waals surface area contributed by atoms with E-state index in [4.69, 9.17) is 5.84 Å². The second kappa shape index (κ2) is 11.4. The molecule has 0 aliphatic rings. The molecule has 0 radical (unpaired) electrons. The molecule has 1 atom stereocenters. The van der Waals surface area contributed by atoms with Crippen LogP contribution in [-0.4, -0.2) is 6.04 Å². The molecule has 2 nitrogen and oxygen atoms in total. The third-order valence-corrected chi connectivity index (χ3v) is 3.15. The molecule has 0 aromatic heterocycles. The Morgan fingerprint density at radius 1 is 0.938 bits per heavy atom. The van der Waals surface area contributed by atoms with Crippen LogP contribution in [0.2, 0.25) is 0 Å². The van der Waals surface area contributed by atoms with E-state index in [2.05, 4.69) is 26.2 Å². The second-order valence-corrected chi connectivity index (χ2v) is 5.40. The van der Waals surface area contributed by atoms with Crippen molar-refractivity contribution in [3.05, 3.63) is 0 Å². The fraction of sp³-hybridized carbons (Fsp3) is 1.00. The molecular weight excluding hydrogens is 196 g/mol. The Morgan fingerprint density at radius 3 is 2.00 bits per heavy atom. The predicted molar refractivity (Wildman–Crippen MR) is 73.2 cm³/mol. The van der Waals surface area contributed by atoms with Gasteiger partial charge >= 0.3 is 0 Å². The van der Waals surface area contributed by atoms with E-state index in [0.717, 1.165) is 5.92 Å². The molecule has 0 bridgehead atoms. The molecule has 0 fully saturated rings. The Labute approximate surface area is 102 Å². The van der Waals surface area contributed by atoms with Crippen molar-refractivity contribution in [2.24, 2.45) is 11.8 Å². The Bertz CT molecular complexity index is 135. The van der Waals surface area contributed by atoms with Gasteiger partial charge in [0.2, 0.25) is 0 Å². The van der Waals surface area contributed by atoms with Crippen LogP contribution in [0.1, 0.15) is 78.6 Å². The van der Waals surface area contributed by atoms with E-state index in [1.165, 1.54) is 57.8 Å². The molecule has 0 aromatic carbocycles. The normalized spacial score (nSPS) is 13.3. The maximum absolute atomic E-state index is 5.55. The van der Waals surface area contributed by atoms with E-state index in [0.29, 0.717) is 6.04 Å². The van der Waals surface area contributed by atoms with Crippen LogP contribution in [0.15, 0.2) is 0 Å². The molecule has 98 valence electrons. The van der Waals surface area contributed by atoms with Gasteiger partial charge in [-0.25, -0.2) is 0 Å². The topological polar surface area (TPSA) is 38.0 Å². The van der Waals surface area contributed by atoms with Crippen molar-refractivity contribution in [2.75, 3.05) is 0 Å². The zero-order valence-electron chi connectivity index (χ0n) is 11.6. The van der Waals surface area contributed by atoms with Gasteiger partial charge in [0.1, 0.15) is 0 Å². The molecule has 0 aliphatic heterocycles. The molecule has 16 heavy (non-hydrogen) atoms. The lowest BCUT2D eigenvalue weighted by Gasteiger charge is -2.17. The number of nitrogens with two attached hydrogens (primary N) is 1. The van der Waals surface area contributed by atoms with Gasteiger partial charge in [-0.15, -0.1) is 0 Å². The molecule has 0 rings (SSSR count). The molecule has 0 spiro atoms. The SMILES string of the molecule is CCCCCCCCCC(CC(C)C)NN. The van der Waals surface area contributed by atoms with Crippen LogP contribution in [0.5, 0.6) is 0 Å². The summed E-state index contributed by atoms with van der Waals surface area (Å²) in [4.78, 5) is 0. The summed E-state index contributed by atoms with van der Waals surface area (Å²) >= 11 is 0. The first-order valence-electron chi connectivity index (χ1n) is 7.16. The summed E-state index contributed by atoms with van der Waals surface area (Å²) in [5.41, 5.74) is 2.94. The van der Waals surface area contributed by atoms with Crippen molar-refractivity contribution in [1.29, 1.82) is 0 Å². The lowest BCUT2D eigenvalue weighted by molar-refractivity contribution is 0.390. The fourth-order valence-corrected chi connectivity index (χ4v) is 2.19. The van der Waals surface area contributed by atoms with E-state index in [-0.39, 0.29) is 0 Å². The molecule has 0 aromatic rings. The first kappa shape index (κ1) is 15.9. The van der Waals surface area contributed by atoms with E-state index in [9.17, 15) is 0 Å². The van der Waals surface area contributed by atoms with Crippen LogP contribution in [0.4, 0.5) is 0 Å². The lowest BCUT2D eigenvalue weighted by Crippen LogP contribution is -2.36. The minimum absolute atomic E-state index is 0.524. The van der Waals surface area contributed by atoms with E-state index >= 15 is 0 Å². The second-order valence-electron chi connectivity index (χ2n) is 5.40. The number of unbranched alkanes of at least 4 members (excludes halogenated alkanes) is 6. The Hall–Kier alpha value is -0.0800. The minimum Gasteiger partial charge on any atom is -0.271 e. The quantitative estimate of drug-likeness (QED) is 0.318. The highest BCUT2D eigenvalue weighted by molar-refractivity contribution is 4.65. The van der Waals surface area contributed by atoms with Gasteiger partial charge in [0.25, 0.3) is 0 Å². The zero-order chi connectivity index (χ0) is 12.2. The van der Waals surface area contributed by atoms with Crippen LogP contribution in [-0.2, 0) is 0 Å². The number of nitrogens with one attached hydrogen (secondary N) is 1. The molecule has 0 saturated heterocycles. The summed E-state index contributed by atoms with van der Waals surface area (Å²) in [5, 5.41) is 0. The van der Waals surface area contributed by atoms with Gasteiger partial charge in [-0.05, 0) is 18.8 Å². The third-order valence-electron chi connectivity index (χ3n) is 3.15. The molecule has 1 unspecified atom stereocenters. The van der Waals surface area contributed by atoms with Crippen molar-refractivity contribution in [3.8, 4) is 0 Å². The van der Waals surface area contributed by atoms with Crippen LogP contribution >= 0.6 is 0 Å². The van der Waals surface area contributed by atoms with Crippen molar-refractivity contribution in [1.82, 2.24) is 5.43 Å². The molecule has 2 heteroatoms. The van der Waals surface area contributed by atoms with Gasteiger partial charge in [-0.1, -0.05) is 65.7 Å². The van der Waals surface area contributed by atoms with Gasteiger partial charge in [0, 0.05) is 6.04 Å². The van der Waals surface area contributed by atoms with Gasteiger partial charge < -0.3 is 0 Å². The standard InChI is InChI=1S/C14H32N2/c1-4-5-6-7-8-9-10-11-14(16-15)12-13(2)3/h13-14,16H,4-12,15H2,1-3H3. The number of hydrazine groups is 1. The smallest absolute Gasteiger partial charge is 0.0213 e. The van der Waals surface area contributed by atoms with Crippen LogP contribution in [0.25, 0.3) is 0 Å². The summed E-state index contributed by atoms with van der Waals surface area (Å²) < 4.78 is 0. The Morgan fingerprint density at radius 2 is 1.50 bits per heavy atom. The predicted octanol–water partition coefficient (Wildman–Crippen LogP) is 4.01. The molecule has 0 heterocycles. The number of hydrogen-bond donors (Lipinski definition) is 2. The highest BCUT2D eigenvalue weighted by Crippen LogP contribution is 2.13. The maximum Gasteiger partial charge on any atom is 0.0213 e. The van der Waals surface area contributed by atoms with Crippen LogP contribution in [0.3, 0.4) is 0 Å². The highest BCUT2D eigenvalue weighted by atomic mass is 15.2. The molecule has 3 N–H and O–H groups in total. The number of rotatable bonds is 11. The van der Waals surface area contributed by atoms with Gasteiger partial charge in [0.15, 0.2) is 0 Å². The minimum atomic E-state index is 0.524. The summed E-state index contributed by atoms with van der Waals surface area (Å²) in [5.74, 6) is 6.29. The highest BCUT2D eigenvalue weighted by Gasteiger charge is 2.07. The average Bonchev–Trinajstić information content (AvgIpc) is 2.25. The molecule has 0 amide bonds. The summed E-state index contributed by atoms with van der Waals surface area (Å²) in [6.45, 7) is 6.79. The van der Waals surface area contributed by atoms with E-state index in [1.807, 2.05) is 0 Å². The van der Waals surface area contributed by atoms with Crippen molar-refractivity contribution < 1.29 is 0 Å². The molecular formula is C14H32N2. The monoisotopic (exact) mass is 228 g/mol. The van der Waals surface area contributed by atoms with Gasteiger partial charge in [0.05, 0.1) is 0 Å². The van der Waals surface area contributed by atoms with Crippen molar-refractivity contribution in [3.63, 3.8) is 0 Å². The zero-order valence-corrected chi connectivity index (χ0v) is 11.6. The molecule has 0 aliphatic carbocycles. The Balaban J connectivity index is 3.27. The van der Waals surface area contributed by atoms with Crippen molar-refractivity contribution in [2.45, 2.75) is 84.6 Å². The largest absolute Gasteiger partial charge is 0.271 e. The average molecular weight is 228 g/mol. The lowest BCUT2D eigenvalue weighted by atomic mass is 9.98. The fourth-order valence-electron chi connectivity index (χ4n) is 2.19. The molecule has 0 saturated carbocycles. The number of hydrogen-bond acceptors (Lipinski definition) is 2. The van der Waals surface area contributed by atoms with E-state index in [1.54, 1.807) is 0 Å². The third kappa shape index (κ3) is 10.4. The summed E-state index contributed by atoms with van der Waals surface area (Å²) in [6, 6.07) is 0.524. The van der Waals surface area contributed by atoms with Crippen molar-refractivity contribution >= 4 is 0 Å². The first-order valence-corrected chi connectivity index (χ1v) is 7.16. The summed E-state index contributed by atoms with van der Waals surface area (Å²) in [7, 11) is 0. The van der Waals surface area contributed by atoms with Gasteiger partial charge in [-0.2, -0.15) is 0 Å². The Kier molecular flexibility index (Phi) is 11.3.